The lowest BCUT2D eigenvalue weighted by molar-refractivity contribution is 0.174. The molecule has 0 bridgehead atoms. The van der Waals surface area contributed by atoms with Gasteiger partial charge in [-0.1, -0.05) is 29.8 Å². The second kappa shape index (κ2) is 6.10. The van der Waals surface area contributed by atoms with Crippen molar-refractivity contribution >= 4 is 45.8 Å². The van der Waals surface area contributed by atoms with Crippen LogP contribution in [0.25, 0.3) is 22.1 Å². The van der Waals surface area contributed by atoms with Gasteiger partial charge in [-0.05, 0) is 18.6 Å². The number of aryl methyl sites for hydroxylation is 1. The van der Waals surface area contributed by atoms with Crippen molar-refractivity contribution in [2.45, 2.75) is 6.92 Å². The summed E-state index contributed by atoms with van der Waals surface area (Å²) in [6.07, 6.45) is 1.56. The van der Waals surface area contributed by atoms with Gasteiger partial charge in [0.2, 0.25) is 6.79 Å². The van der Waals surface area contributed by atoms with E-state index in [1.165, 1.54) is 0 Å². The van der Waals surface area contributed by atoms with Crippen molar-refractivity contribution in [2.24, 2.45) is 5.10 Å². The number of benzene rings is 2. The molecule has 0 saturated carbocycles. The fourth-order valence-corrected chi connectivity index (χ4v) is 3.19. The lowest BCUT2D eigenvalue weighted by atomic mass is 10.1. The van der Waals surface area contributed by atoms with Crippen LogP contribution in [0.1, 0.15) is 11.1 Å². The Morgan fingerprint density at radius 1 is 1.22 bits per heavy atom. The van der Waals surface area contributed by atoms with Crippen molar-refractivity contribution in [3.8, 4) is 11.5 Å². The molecule has 8 nitrogen and oxygen atoms in total. The number of hydrogen-bond acceptors (Lipinski definition) is 7. The molecule has 9 heteroatoms. The maximum Gasteiger partial charge on any atom is 0.265 e. The highest BCUT2D eigenvalue weighted by atomic mass is 35.5. The Hall–Kier alpha value is -3.39. The fourth-order valence-electron chi connectivity index (χ4n) is 2.98. The number of fused-ring (bicyclic) bond motifs is 4. The number of aromatic nitrogens is 4. The maximum atomic E-state index is 6.22. The predicted molar refractivity (Wildman–Crippen MR) is 103 cm³/mol. The van der Waals surface area contributed by atoms with E-state index >= 15 is 0 Å². The van der Waals surface area contributed by atoms with Crippen LogP contribution in [-0.2, 0) is 0 Å². The highest BCUT2D eigenvalue weighted by Gasteiger charge is 2.16. The Morgan fingerprint density at radius 2 is 2.07 bits per heavy atom. The average Bonchev–Trinajstić information content (AvgIpc) is 3.26. The highest BCUT2D eigenvalue weighted by molar-refractivity contribution is 6.33. The van der Waals surface area contributed by atoms with Gasteiger partial charge in [0.25, 0.3) is 5.95 Å². The van der Waals surface area contributed by atoms with Gasteiger partial charge in [0.05, 0.1) is 16.8 Å². The summed E-state index contributed by atoms with van der Waals surface area (Å²) in [5.41, 5.74) is 6.95. The molecule has 3 heterocycles. The van der Waals surface area contributed by atoms with Gasteiger partial charge in [-0.3, -0.25) is 0 Å². The van der Waals surface area contributed by atoms with E-state index in [4.69, 9.17) is 21.1 Å². The molecule has 2 aromatic carbocycles. The first-order valence-corrected chi connectivity index (χ1v) is 8.57. The molecule has 0 saturated heterocycles. The number of ether oxygens (including phenoxy) is 2. The summed E-state index contributed by atoms with van der Waals surface area (Å²) in [6.45, 7) is 2.22. The van der Waals surface area contributed by atoms with E-state index in [9.17, 15) is 0 Å². The molecule has 0 fully saturated rings. The van der Waals surface area contributed by atoms with Gasteiger partial charge in [0.1, 0.15) is 5.52 Å². The number of nitrogens with one attached hydrogen (secondary N) is 2. The SMILES string of the molecule is Cc1cccc2c1[nH]c1nc(N/N=C\c3cc4c(cc3Cl)OCO4)nnc12. The molecule has 134 valence electrons. The first-order valence-electron chi connectivity index (χ1n) is 8.19. The smallest absolute Gasteiger partial charge is 0.265 e. The number of halogens is 1. The Balaban J connectivity index is 1.42. The number of nitrogens with zero attached hydrogens (tertiary/aromatic N) is 4. The monoisotopic (exact) mass is 380 g/mol. The second-order valence-electron chi connectivity index (χ2n) is 6.05. The second-order valence-corrected chi connectivity index (χ2v) is 6.46. The van der Waals surface area contributed by atoms with Gasteiger partial charge < -0.3 is 14.5 Å². The van der Waals surface area contributed by atoms with E-state index in [0.717, 1.165) is 22.0 Å². The van der Waals surface area contributed by atoms with E-state index < -0.39 is 0 Å². The van der Waals surface area contributed by atoms with Gasteiger partial charge >= 0.3 is 0 Å². The summed E-state index contributed by atoms with van der Waals surface area (Å²) in [6, 6.07) is 9.47. The zero-order valence-corrected chi connectivity index (χ0v) is 14.9. The molecule has 27 heavy (non-hydrogen) atoms. The number of rotatable bonds is 3. The number of para-hydroxylation sites is 1. The van der Waals surface area contributed by atoms with Crippen molar-refractivity contribution in [1.82, 2.24) is 20.2 Å². The molecule has 0 unspecified atom stereocenters. The lowest BCUT2D eigenvalue weighted by Crippen LogP contribution is -1.99. The molecular weight excluding hydrogens is 368 g/mol. The van der Waals surface area contributed by atoms with Crippen molar-refractivity contribution in [1.29, 1.82) is 0 Å². The Labute approximate surface area is 158 Å². The predicted octanol–water partition coefficient (Wildman–Crippen LogP) is 3.64. The minimum Gasteiger partial charge on any atom is -0.454 e. The van der Waals surface area contributed by atoms with Crippen molar-refractivity contribution in [3.05, 3.63) is 46.5 Å². The summed E-state index contributed by atoms with van der Waals surface area (Å²) in [7, 11) is 0. The van der Waals surface area contributed by atoms with Crippen LogP contribution in [-0.4, -0.2) is 33.2 Å². The lowest BCUT2D eigenvalue weighted by Gasteiger charge is -2.01. The number of hydrogen-bond donors (Lipinski definition) is 2. The minimum atomic E-state index is 0.188. The Kier molecular flexibility index (Phi) is 3.58. The molecule has 0 atom stereocenters. The summed E-state index contributed by atoms with van der Waals surface area (Å²) in [5, 5.41) is 14.0. The first kappa shape index (κ1) is 15.8. The normalized spacial score (nSPS) is 13.1. The van der Waals surface area contributed by atoms with Gasteiger partial charge in [0, 0.05) is 17.0 Å². The van der Waals surface area contributed by atoms with Crippen LogP contribution in [0.3, 0.4) is 0 Å². The third-order valence-electron chi connectivity index (χ3n) is 4.32. The van der Waals surface area contributed by atoms with Crippen molar-refractivity contribution in [2.75, 3.05) is 12.2 Å². The van der Waals surface area contributed by atoms with Crippen LogP contribution in [0.15, 0.2) is 35.4 Å². The third-order valence-corrected chi connectivity index (χ3v) is 4.65. The van der Waals surface area contributed by atoms with Crippen molar-refractivity contribution in [3.63, 3.8) is 0 Å². The van der Waals surface area contributed by atoms with Crippen LogP contribution in [0, 0.1) is 6.92 Å². The number of H-pyrrole nitrogens is 1. The van der Waals surface area contributed by atoms with E-state index in [2.05, 4.69) is 30.7 Å². The molecule has 5 rings (SSSR count). The molecule has 1 aliphatic rings. The number of aromatic amines is 1. The van der Waals surface area contributed by atoms with Crippen LogP contribution in [0.5, 0.6) is 11.5 Å². The summed E-state index contributed by atoms with van der Waals surface area (Å²) < 4.78 is 10.6. The van der Waals surface area contributed by atoms with E-state index in [-0.39, 0.29) is 12.7 Å². The van der Waals surface area contributed by atoms with Crippen LogP contribution in [0.4, 0.5) is 5.95 Å². The molecule has 2 aromatic heterocycles. The van der Waals surface area contributed by atoms with E-state index in [1.807, 2.05) is 25.1 Å². The topological polar surface area (TPSA) is 97.3 Å². The number of anilines is 1. The molecule has 4 aromatic rings. The molecule has 0 amide bonds. The van der Waals surface area contributed by atoms with Crippen LogP contribution in [0.2, 0.25) is 5.02 Å². The van der Waals surface area contributed by atoms with Gasteiger partial charge in [0.15, 0.2) is 17.1 Å². The van der Waals surface area contributed by atoms with Crippen molar-refractivity contribution < 1.29 is 9.47 Å². The zero-order valence-electron chi connectivity index (χ0n) is 14.2. The highest BCUT2D eigenvalue weighted by Crippen LogP contribution is 2.36. The fraction of sp³-hybridized carbons (Fsp3) is 0.111. The Bertz CT molecular complexity index is 1220. The molecule has 0 spiro atoms. The standard InChI is InChI=1S/C18H13ClN6O2/c1-9-3-2-4-11-15(9)21-17-16(11)23-25-18(22-17)24-20-7-10-5-13-14(6-12(10)19)27-8-26-13/h2-7H,8H2,1H3,(H2,21,22,24,25)/b20-7-. The van der Waals surface area contributed by atoms with Gasteiger partial charge in [-0.25, -0.2) is 5.43 Å². The maximum absolute atomic E-state index is 6.22. The number of hydrazone groups is 1. The Morgan fingerprint density at radius 3 is 2.96 bits per heavy atom. The third kappa shape index (κ3) is 2.70. The molecule has 0 aliphatic carbocycles. The molecule has 1 aliphatic heterocycles. The largest absolute Gasteiger partial charge is 0.454 e. The minimum absolute atomic E-state index is 0.188. The summed E-state index contributed by atoms with van der Waals surface area (Å²) in [4.78, 5) is 7.71. The zero-order chi connectivity index (χ0) is 18.4. The van der Waals surface area contributed by atoms with Crippen LogP contribution >= 0.6 is 11.6 Å². The van der Waals surface area contributed by atoms with Crippen LogP contribution < -0.4 is 14.9 Å². The summed E-state index contributed by atoms with van der Waals surface area (Å²) in [5.74, 6) is 1.53. The average molecular weight is 381 g/mol. The van der Waals surface area contributed by atoms with Gasteiger partial charge in [-0.2, -0.15) is 10.1 Å². The molecule has 2 N–H and O–H groups in total. The quantitative estimate of drug-likeness (QED) is 0.416. The molecular formula is C18H13ClN6O2. The van der Waals surface area contributed by atoms with E-state index in [0.29, 0.717) is 27.7 Å². The first-order chi connectivity index (χ1) is 13.2. The van der Waals surface area contributed by atoms with E-state index in [1.54, 1.807) is 18.3 Å². The van der Waals surface area contributed by atoms with Gasteiger partial charge in [-0.15, -0.1) is 10.2 Å². The molecule has 0 radical (unpaired) electrons. The summed E-state index contributed by atoms with van der Waals surface area (Å²) >= 11 is 6.22.